The number of halogens is 2. The Balaban J connectivity index is 1.66. The second-order valence-electron chi connectivity index (χ2n) is 5.93. The Morgan fingerprint density at radius 2 is 2.19 bits per heavy atom. The topological polar surface area (TPSA) is 105 Å². The van der Waals surface area contributed by atoms with E-state index in [1.54, 1.807) is 4.57 Å². The van der Waals surface area contributed by atoms with Crippen LogP contribution in [0.15, 0.2) is 35.1 Å². The summed E-state index contributed by atoms with van der Waals surface area (Å²) in [5, 5.41) is 23.0. The van der Waals surface area contributed by atoms with Gasteiger partial charge in [-0.3, -0.25) is 4.57 Å². The van der Waals surface area contributed by atoms with E-state index in [1.165, 1.54) is 6.33 Å². The number of aliphatic hydroxyl groups excluding tert-OH is 2. The van der Waals surface area contributed by atoms with Gasteiger partial charge in [0, 0.05) is 11.0 Å². The van der Waals surface area contributed by atoms with E-state index in [4.69, 9.17) is 16.3 Å². The smallest absolute Gasteiger partial charge is 0.226 e. The van der Waals surface area contributed by atoms with Crippen molar-refractivity contribution in [3.8, 4) is 0 Å². The van der Waals surface area contributed by atoms with Crippen molar-refractivity contribution in [2.75, 3.05) is 11.9 Å². The molecule has 1 fully saturated rings. The zero-order valence-electron chi connectivity index (χ0n) is 13.4. The monoisotopic (exact) mass is 439 g/mol. The third-order valence-corrected chi connectivity index (χ3v) is 4.80. The molecule has 1 aromatic carbocycles. The van der Waals surface area contributed by atoms with Crippen LogP contribution < -0.4 is 5.32 Å². The molecule has 1 aliphatic rings. The van der Waals surface area contributed by atoms with Gasteiger partial charge in [-0.2, -0.15) is 9.97 Å². The summed E-state index contributed by atoms with van der Waals surface area (Å²) < 4.78 is 7.98. The lowest BCUT2D eigenvalue weighted by molar-refractivity contribution is -0.0162. The molecule has 3 aromatic rings. The summed E-state index contributed by atoms with van der Waals surface area (Å²) in [5.74, 6) is 0.478. The van der Waals surface area contributed by atoms with Gasteiger partial charge in [0.15, 0.2) is 23.2 Å². The molecular formula is C16H15BrClN5O3. The molecule has 4 rings (SSSR count). The van der Waals surface area contributed by atoms with E-state index in [2.05, 4.69) is 36.2 Å². The van der Waals surface area contributed by atoms with Gasteiger partial charge in [-0.05, 0) is 29.3 Å². The lowest BCUT2D eigenvalue weighted by atomic mass is 10.2. The molecule has 3 atom stereocenters. The second kappa shape index (κ2) is 7.09. The zero-order valence-corrected chi connectivity index (χ0v) is 15.7. The van der Waals surface area contributed by atoms with Gasteiger partial charge in [-0.1, -0.05) is 28.1 Å². The molecule has 0 aliphatic carbocycles. The van der Waals surface area contributed by atoms with Crippen LogP contribution in [0.1, 0.15) is 11.8 Å². The minimum absolute atomic E-state index is 0.0400. The normalized spacial score (nSPS) is 22.8. The predicted molar refractivity (Wildman–Crippen MR) is 98.8 cm³/mol. The molecule has 8 nitrogen and oxygen atoms in total. The number of benzene rings is 1. The maximum Gasteiger partial charge on any atom is 0.226 e. The molecule has 2 aromatic heterocycles. The van der Waals surface area contributed by atoms with Crippen molar-refractivity contribution < 1.29 is 14.9 Å². The average molecular weight is 441 g/mol. The van der Waals surface area contributed by atoms with Crippen LogP contribution in [0.4, 0.5) is 5.82 Å². The fraction of sp³-hybridized carbons (Fsp3) is 0.312. The molecule has 3 N–H and O–H groups in total. The first-order chi connectivity index (χ1) is 12.5. The van der Waals surface area contributed by atoms with Gasteiger partial charge < -0.3 is 20.3 Å². The highest BCUT2D eigenvalue weighted by Gasteiger charge is 2.37. The Hall–Kier alpha value is -1.78. The van der Waals surface area contributed by atoms with E-state index in [0.29, 0.717) is 23.5 Å². The molecule has 1 aliphatic heterocycles. The van der Waals surface area contributed by atoms with Gasteiger partial charge in [0.1, 0.15) is 12.2 Å². The van der Waals surface area contributed by atoms with Crippen LogP contribution in [0.3, 0.4) is 0 Å². The van der Waals surface area contributed by atoms with Crippen LogP contribution in [0.5, 0.6) is 0 Å². The summed E-state index contributed by atoms with van der Waals surface area (Å²) in [6, 6.07) is 7.88. The first kappa shape index (κ1) is 17.6. The molecule has 1 saturated heterocycles. The largest absolute Gasteiger partial charge is 0.388 e. The summed E-state index contributed by atoms with van der Waals surface area (Å²) >= 11 is 9.51. The molecular weight excluding hydrogens is 426 g/mol. The van der Waals surface area contributed by atoms with Crippen LogP contribution in [-0.2, 0) is 11.3 Å². The third-order valence-electron chi connectivity index (χ3n) is 4.14. The Morgan fingerprint density at radius 3 is 2.92 bits per heavy atom. The Bertz CT molecular complexity index is 953. The van der Waals surface area contributed by atoms with Crippen LogP contribution in [0.25, 0.3) is 11.2 Å². The highest BCUT2D eigenvalue weighted by Crippen LogP contribution is 2.29. The summed E-state index contributed by atoms with van der Waals surface area (Å²) in [7, 11) is 0. The van der Waals surface area contributed by atoms with Gasteiger partial charge in [-0.25, -0.2) is 4.98 Å². The predicted octanol–water partition coefficient (Wildman–Crippen LogP) is 2.10. The summed E-state index contributed by atoms with van der Waals surface area (Å²) in [6.07, 6.45) is -1.31. The van der Waals surface area contributed by atoms with E-state index in [0.717, 1.165) is 10.0 Å². The van der Waals surface area contributed by atoms with Crippen LogP contribution in [0.2, 0.25) is 5.28 Å². The number of nitrogens with zero attached hydrogens (tertiary/aromatic N) is 4. The number of hydrogen-bond donors (Lipinski definition) is 3. The van der Waals surface area contributed by atoms with Crippen LogP contribution in [0, 0.1) is 0 Å². The molecule has 0 radical (unpaired) electrons. The molecule has 0 spiro atoms. The maximum atomic E-state index is 10.1. The number of rotatable bonds is 4. The number of imidazole rings is 1. The lowest BCUT2D eigenvalue weighted by Crippen LogP contribution is -2.28. The van der Waals surface area contributed by atoms with E-state index in [1.807, 2.05) is 24.3 Å². The van der Waals surface area contributed by atoms with E-state index in [9.17, 15) is 10.2 Å². The third kappa shape index (κ3) is 3.28. The first-order valence-electron chi connectivity index (χ1n) is 7.89. The minimum Gasteiger partial charge on any atom is -0.388 e. The second-order valence-corrected chi connectivity index (χ2v) is 7.18. The van der Waals surface area contributed by atoms with Crippen molar-refractivity contribution in [3.63, 3.8) is 0 Å². The molecule has 136 valence electrons. The van der Waals surface area contributed by atoms with Crippen molar-refractivity contribution in [2.45, 2.75) is 25.0 Å². The summed E-state index contributed by atoms with van der Waals surface area (Å²) in [5.41, 5.74) is 1.97. The number of aromatic nitrogens is 4. The van der Waals surface area contributed by atoms with Crippen LogP contribution in [-0.4, -0.2) is 48.5 Å². The molecule has 26 heavy (non-hydrogen) atoms. The van der Waals surface area contributed by atoms with Gasteiger partial charge in [0.2, 0.25) is 5.28 Å². The molecule has 0 bridgehead atoms. The molecule has 3 heterocycles. The highest BCUT2D eigenvalue weighted by molar-refractivity contribution is 9.10. The summed E-state index contributed by atoms with van der Waals surface area (Å²) in [6.45, 7) is 0.564. The number of ether oxygens (including phenoxy) is 1. The quantitative estimate of drug-likeness (QED) is 0.534. The van der Waals surface area contributed by atoms with Crippen molar-refractivity contribution in [2.24, 2.45) is 0 Å². The number of fused-ring (bicyclic) bond motifs is 1. The Morgan fingerprint density at radius 1 is 1.35 bits per heavy atom. The van der Waals surface area contributed by atoms with E-state index < -0.39 is 18.4 Å². The minimum atomic E-state index is -1.07. The van der Waals surface area contributed by atoms with E-state index in [-0.39, 0.29) is 11.9 Å². The number of anilines is 1. The van der Waals surface area contributed by atoms with Gasteiger partial charge in [0.05, 0.1) is 12.9 Å². The maximum absolute atomic E-state index is 10.1. The molecule has 10 heteroatoms. The molecule has 2 unspecified atom stereocenters. The van der Waals surface area contributed by atoms with E-state index >= 15 is 0 Å². The standard InChI is InChI=1S/C16H15BrClN5O3/c17-9-3-1-2-8(4-9)5-19-13-11-14(22-16(18)21-13)23(7-20-11)15-12(25)10(24)6-26-15/h1-4,7,10,12,15,24-25H,5-6H2,(H,19,21,22)/t10-,12?,15?/m0/s1. The van der Waals surface area contributed by atoms with Crippen molar-refractivity contribution >= 4 is 44.5 Å². The van der Waals surface area contributed by atoms with Crippen molar-refractivity contribution in [1.82, 2.24) is 19.5 Å². The van der Waals surface area contributed by atoms with Crippen molar-refractivity contribution in [1.29, 1.82) is 0 Å². The van der Waals surface area contributed by atoms with Crippen molar-refractivity contribution in [3.05, 3.63) is 45.9 Å². The zero-order chi connectivity index (χ0) is 18.3. The first-order valence-corrected chi connectivity index (χ1v) is 9.06. The Kier molecular flexibility index (Phi) is 4.80. The lowest BCUT2D eigenvalue weighted by Gasteiger charge is -2.16. The Labute approximate surface area is 161 Å². The highest BCUT2D eigenvalue weighted by atomic mass is 79.9. The number of hydrogen-bond acceptors (Lipinski definition) is 7. The molecule has 0 saturated carbocycles. The van der Waals surface area contributed by atoms with Gasteiger partial charge in [0.25, 0.3) is 0 Å². The SMILES string of the molecule is OC1C(n2cnc3c(NCc4cccc(Br)c4)nc(Cl)nc32)OC[C@@H]1O. The number of aliphatic hydroxyl groups is 2. The van der Waals surface area contributed by atoms with Gasteiger partial charge in [-0.15, -0.1) is 0 Å². The molecule has 0 amide bonds. The fourth-order valence-corrected chi connectivity index (χ4v) is 3.47. The summed E-state index contributed by atoms with van der Waals surface area (Å²) in [4.78, 5) is 12.7. The fourth-order valence-electron chi connectivity index (χ4n) is 2.86. The average Bonchev–Trinajstić information content (AvgIpc) is 3.17. The number of nitrogens with one attached hydrogen (secondary N) is 1. The van der Waals surface area contributed by atoms with Crippen LogP contribution >= 0.6 is 27.5 Å². The van der Waals surface area contributed by atoms with Gasteiger partial charge >= 0.3 is 0 Å².